The SMILES string of the molecule is CNC1CCN(C(=O)Cc2ccc(OC(F)F)cc2)CC1.Cl. The van der Waals surface area contributed by atoms with Gasteiger partial charge in [-0.2, -0.15) is 8.78 Å². The number of carbonyl (C=O) groups excluding carboxylic acids is 1. The van der Waals surface area contributed by atoms with Crippen molar-refractivity contribution in [1.29, 1.82) is 0 Å². The molecule has 124 valence electrons. The molecule has 1 aliphatic heterocycles. The molecule has 7 heteroatoms. The van der Waals surface area contributed by atoms with Crippen LogP contribution in [0, 0.1) is 0 Å². The van der Waals surface area contributed by atoms with Crippen LogP contribution in [-0.2, 0) is 11.2 Å². The molecule has 0 spiro atoms. The third-order valence-electron chi connectivity index (χ3n) is 3.76. The minimum Gasteiger partial charge on any atom is -0.435 e. The van der Waals surface area contributed by atoms with E-state index < -0.39 is 6.61 Å². The van der Waals surface area contributed by atoms with Gasteiger partial charge in [0.1, 0.15) is 5.75 Å². The molecule has 1 aliphatic rings. The summed E-state index contributed by atoms with van der Waals surface area (Å²) in [5.74, 6) is 0.183. The lowest BCUT2D eigenvalue weighted by Gasteiger charge is -2.31. The Labute approximate surface area is 135 Å². The Morgan fingerprint density at radius 1 is 1.32 bits per heavy atom. The van der Waals surface area contributed by atoms with Gasteiger partial charge in [-0.25, -0.2) is 0 Å². The summed E-state index contributed by atoms with van der Waals surface area (Å²) in [6.07, 6.45) is 2.21. The summed E-state index contributed by atoms with van der Waals surface area (Å²) in [7, 11) is 1.94. The Morgan fingerprint density at radius 2 is 1.91 bits per heavy atom. The Balaban J connectivity index is 0.00000242. The first-order valence-corrected chi connectivity index (χ1v) is 7.07. The second-order valence-corrected chi connectivity index (χ2v) is 5.14. The lowest BCUT2D eigenvalue weighted by molar-refractivity contribution is -0.131. The number of amides is 1. The second-order valence-electron chi connectivity index (χ2n) is 5.14. The van der Waals surface area contributed by atoms with Crippen LogP contribution in [0.3, 0.4) is 0 Å². The molecule has 22 heavy (non-hydrogen) atoms. The Bertz CT molecular complexity index is 463. The van der Waals surface area contributed by atoms with Crippen molar-refractivity contribution >= 4 is 18.3 Å². The molecule has 1 aromatic rings. The van der Waals surface area contributed by atoms with Crippen molar-refractivity contribution in [2.75, 3.05) is 20.1 Å². The predicted octanol–water partition coefficient (Wildman–Crippen LogP) is 2.46. The number of likely N-dealkylation sites (tertiary alicyclic amines) is 1. The summed E-state index contributed by atoms with van der Waals surface area (Å²) in [6, 6.07) is 6.70. The summed E-state index contributed by atoms with van der Waals surface area (Å²) < 4.78 is 28.4. The zero-order valence-electron chi connectivity index (χ0n) is 12.4. The molecule has 0 saturated carbocycles. The number of halogens is 3. The number of ether oxygens (including phenoxy) is 1. The zero-order valence-corrected chi connectivity index (χ0v) is 13.2. The van der Waals surface area contributed by atoms with Crippen LogP contribution in [0.2, 0.25) is 0 Å². The quantitative estimate of drug-likeness (QED) is 0.899. The molecule has 1 amide bonds. The Hall–Kier alpha value is -1.40. The number of alkyl halides is 2. The van der Waals surface area contributed by atoms with E-state index in [4.69, 9.17) is 0 Å². The van der Waals surface area contributed by atoms with E-state index in [1.165, 1.54) is 12.1 Å². The van der Waals surface area contributed by atoms with E-state index in [9.17, 15) is 13.6 Å². The average Bonchev–Trinajstić information content (AvgIpc) is 2.49. The van der Waals surface area contributed by atoms with Gasteiger partial charge in [0.05, 0.1) is 6.42 Å². The number of hydrogen-bond acceptors (Lipinski definition) is 3. The molecule has 2 rings (SSSR count). The number of hydrogen-bond donors (Lipinski definition) is 1. The van der Waals surface area contributed by atoms with Crippen LogP contribution in [0.5, 0.6) is 5.75 Å². The molecule has 1 N–H and O–H groups in total. The third-order valence-corrected chi connectivity index (χ3v) is 3.76. The fourth-order valence-electron chi connectivity index (χ4n) is 2.49. The first kappa shape index (κ1) is 18.6. The van der Waals surface area contributed by atoms with Crippen molar-refractivity contribution in [3.05, 3.63) is 29.8 Å². The van der Waals surface area contributed by atoms with Crippen molar-refractivity contribution in [1.82, 2.24) is 10.2 Å². The highest BCUT2D eigenvalue weighted by Gasteiger charge is 2.21. The minimum atomic E-state index is -2.83. The van der Waals surface area contributed by atoms with E-state index in [0.29, 0.717) is 12.5 Å². The standard InChI is InChI=1S/C15H20F2N2O2.ClH/c1-18-12-6-8-19(9-7-12)14(20)10-11-2-4-13(5-3-11)21-15(16)17;/h2-5,12,15,18H,6-10H2,1H3;1H. The smallest absolute Gasteiger partial charge is 0.387 e. The molecule has 1 heterocycles. The fourth-order valence-corrected chi connectivity index (χ4v) is 2.49. The number of rotatable bonds is 5. The van der Waals surface area contributed by atoms with Crippen molar-refractivity contribution < 1.29 is 18.3 Å². The van der Waals surface area contributed by atoms with Crippen LogP contribution in [0.1, 0.15) is 18.4 Å². The summed E-state index contributed by atoms with van der Waals surface area (Å²) in [5, 5.41) is 3.22. The van der Waals surface area contributed by atoms with Crippen LogP contribution in [0.4, 0.5) is 8.78 Å². The Morgan fingerprint density at radius 3 is 2.41 bits per heavy atom. The van der Waals surface area contributed by atoms with E-state index in [1.807, 2.05) is 11.9 Å². The van der Waals surface area contributed by atoms with E-state index in [-0.39, 0.29) is 24.1 Å². The summed E-state index contributed by atoms with van der Waals surface area (Å²) in [6.45, 7) is -1.31. The number of piperidine rings is 1. The number of carbonyl (C=O) groups is 1. The van der Waals surface area contributed by atoms with Gasteiger partial charge in [-0.1, -0.05) is 12.1 Å². The molecule has 0 unspecified atom stereocenters. The van der Waals surface area contributed by atoms with Crippen molar-refractivity contribution in [3.63, 3.8) is 0 Å². The van der Waals surface area contributed by atoms with Crippen LogP contribution in [0.25, 0.3) is 0 Å². The van der Waals surface area contributed by atoms with Crippen molar-refractivity contribution in [2.24, 2.45) is 0 Å². The van der Waals surface area contributed by atoms with Gasteiger partial charge in [0.25, 0.3) is 0 Å². The highest BCUT2D eigenvalue weighted by atomic mass is 35.5. The molecule has 0 bridgehead atoms. The normalized spacial score (nSPS) is 15.5. The maximum absolute atomic E-state index is 12.2. The van der Waals surface area contributed by atoms with Gasteiger partial charge in [0, 0.05) is 19.1 Å². The monoisotopic (exact) mass is 334 g/mol. The highest BCUT2D eigenvalue weighted by molar-refractivity contribution is 5.85. The lowest BCUT2D eigenvalue weighted by atomic mass is 10.0. The van der Waals surface area contributed by atoms with Crippen LogP contribution >= 0.6 is 12.4 Å². The molecule has 4 nitrogen and oxygen atoms in total. The second kappa shape index (κ2) is 8.90. The fraction of sp³-hybridized carbons (Fsp3) is 0.533. The van der Waals surface area contributed by atoms with Gasteiger partial charge in [-0.3, -0.25) is 4.79 Å². The zero-order chi connectivity index (χ0) is 15.2. The average molecular weight is 335 g/mol. The van der Waals surface area contributed by atoms with Crippen LogP contribution in [0.15, 0.2) is 24.3 Å². The minimum absolute atomic E-state index is 0. The number of benzene rings is 1. The highest BCUT2D eigenvalue weighted by Crippen LogP contribution is 2.17. The molecular weight excluding hydrogens is 314 g/mol. The first-order chi connectivity index (χ1) is 10.1. The van der Waals surface area contributed by atoms with E-state index in [1.54, 1.807) is 12.1 Å². The van der Waals surface area contributed by atoms with Gasteiger partial charge < -0.3 is 15.0 Å². The van der Waals surface area contributed by atoms with E-state index >= 15 is 0 Å². The van der Waals surface area contributed by atoms with Gasteiger partial charge in [0.15, 0.2) is 0 Å². The van der Waals surface area contributed by atoms with Gasteiger partial charge in [-0.05, 0) is 37.6 Å². The molecule has 0 aliphatic carbocycles. The first-order valence-electron chi connectivity index (χ1n) is 7.07. The number of nitrogens with one attached hydrogen (secondary N) is 1. The predicted molar refractivity (Wildman–Crippen MR) is 82.7 cm³/mol. The molecule has 0 atom stereocenters. The van der Waals surface area contributed by atoms with E-state index in [0.717, 1.165) is 31.5 Å². The lowest BCUT2D eigenvalue weighted by Crippen LogP contribution is -2.44. The topological polar surface area (TPSA) is 41.6 Å². The maximum atomic E-state index is 12.2. The third kappa shape index (κ3) is 5.42. The maximum Gasteiger partial charge on any atom is 0.387 e. The van der Waals surface area contributed by atoms with E-state index in [2.05, 4.69) is 10.1 Å². The molecule has 0 radical (unpaired) electrons. The summed E-state index contributed by atoms with van der Waals surface area (Å²) >= 11 is 0. The molecule has 1 fully saturated rings. The molecule has 1 saturated heterocycles. The summed E-state index contributed by atoms with van der Waals surface area (Å²) in [4.78, 5) is 14.0. The summed E-state index contributed by atoms with van der Waals surface area (Å²) in [5.41, 5.74) is 0.803. The van der Waals surface area contributed by atoms with Gasteiger partial charge >= 0.3 is 6.61 Å². The molecular formula is C15H21ClF2N2O2. The van der Waals surface area contributed by atoms with Crippen molar-refractivity contribution in [3.8, 4) is 5.75 Å². The van der Waals surface area contributed by atoms with Crippen LogP contribution in [-0.4, -0.2) is 43.6 Å². The van der Waals surface area contributed by atoms with Crippen LogP contribution < -0.4 is 10.1 Å². The van der Waals surface area contributed by atoms with Gasteiger partial charge in [0.2, 0.25) is 5.91 Å². The largest absolute Gasteiger partial charge is 0.435 e. The Kier molecular flexibility index (Phi) is 7.55. The van der Waals surface area contributed by atoms with Crippen molar-refractivity contribution in [2.45, 2.75) is 31.9 Å². The number of nitrogens with zero attached hydrogens (tertiary/aromatic N) is 1. The molecule has 1 aromatic carbocycles. The molecule has 0 aromatic heterocycles. The van der Waals surface area contributed by atoms with Gasteiger partial charge in [-0.15, -0.1) is 12.4 Å².